The van der Waals surface area contributed by atoms with Crippen LogP contribution in [-0.2, 0) is 14.8 Å². The monoisotopic (exact) mass is 395 g/mol. The molecule has 0 radical (unpaired) electrons. The van der Waals surface area contributed by atoms with Crippen LogP contribution in [0.1, 0.15) is 33.1 Å². The number of nitrogens with zero attached hydrogens (tertiary/aromatic N) is 1. The van der Waals surface area contributed by atoms with Crippen LogP contribution in [0.2, 0.25) is 0 Å². The summed E-state index contributed by atoms with van der Waals surface area (Å²) in [6.07, 6.45) is 3.08. The van der Waals surface area contributed by atoms with Crippen LogP contribution >= 0.6 is 0 Å². The van der Waals surface area contributed by atoms with Gasteiger partial charge in [0.25, 0.3) is 0 Å². The Balaban J connectivity index is 1.52. The van der Waals surface area contributed by atoms with Crippen molar-refractivity contribution in [2.45, 2.75) is 39.2 Å². The molecule has 1 spiro atoms. The van der Waals surface area contributed by atoms with E-state index in [1.54, 1.807) is 29.2 Å². The molecule has 2 saturated heterocycles. The number of anilines is 1. The lowest BCUT2D eigenvalue weighted by molar-refractivity contribution is -0.130. The minimum Gasteiger partial charge on any atom is -0.491 e. The molecule has 2 aliphatic heterocycles. The Labute approximate surface area is 161 Å². The van der Waals surface area contributed by atoms with E-state index in [9.17, 15) is 13.2 Å². The highest BCUT2D eigenvalue weighted by Gasteiger charge is 2.38. The Bertz CT molecular complexity index is 746. The average Bonchev–Trinajstić information content (AvgIpc) is 3.04. The quantitative estimate of drug-likeness (QED) is 0.767. The zero-order valence-electron chi connectivity index (χ0n) is 16.0. The van der Waals surface area contributed by atoms with Crippen molar-refractivity contribution < 1.29 is 17.9 Å². The van der Waals surface area contributed by atoms with Gasteiger partial charge in [0.2, 0.25) is 15.9 Å². The molecular formula is C19H29N3O4S. The lowest BCUT2D eigenvalue weighted by Crippen LogP contribution is -2.46. The van der Waals surface area contributed by atoms with E-state index in [4.69, 9.17) is 4.74 Å². The molecule has 1 amide bonds. The minimum absolute atomic E-state index is 0.0499. The topological polar surface area (TPSA) is 87.7 Å². The largest absolute Gasteiger partial charge is 0.491 e. The van der Waals surface area contributed by atoms with E-state index in [1.165, 1.54) is 0 Å². The molecule has 8 heteroatoms. The Morgan fingerprint density at radius 1 is 1.22 bits per heavy atom. The lowest BCUT2D eigenvalue weighted by atomic mass is 9.78. The summed E-state index contributed by atoms with van der Waals surface area (Å²) in [5.41, 5.74) is 0.724. The van der Waals surface area contributed by atoms with E-state index in [0.29, 0.717) is 29.9 Å². The van der Waals surface area contributed by atoms with Crippen LogP contribution in [0.15, 0.2) is 24.3 Å². The summed E-state index contributed by atoms with van der Waals surface area (Å²) in [5.74, 6) is -0.182. The first-order valence-electron chi connectivity index (χ1n) is 9.53. The number of nitrogens with one attached hydrogen (secondary N) is 2. The molecule has 2 N–H and O–H groups in total. The summed E-state index contributed by atoms with van der Waals surface area (Å²) in [5, 5.41) is 3.39. The molecular weight excluding hydrogens is 366 g/mol. The highest BCUT2D eigenvalue weighted by molar-refractivity contribution is 7.93. The number of hydrogen-bond donors (Lipinski definition) is 2. The summed E-state index contributed by atoms with van der Waals surface area (Å²) in [4.78, 5) is 14.1. The van der Waals surface area contributed by atoms with Crippen molar-refractivity contribution in [1.82, 2.24) is 10.2 Å². The van der Waals surface area contributed by atoms with E-state index < -0.39 is 15.8 Å². The second-order valence-corrected chi connectivity index (χ2v) is 9.58. The van der Waals surface area contributed by atoms with Gasteiger partial charge in [-0.3, -0.25) is 9.52 Å². The van der Waals surface area contributed by atoms with Gasteiger partial charge in [0.15, 0.2) is 0 Å². The molecule has 3 rings (SSSR count). The predicted molar refractivity (Wildman–Crippen MR) is 105 cm³/mol. The molecule has 150 valence electrons. The molecule has 1 aromatic carbocycles. The summed E-state index contributed by atoms with van der Waals surface area (Å²) in [6.45, 7) is 7.16. The molecule has 2 heterocycles. The van der Waals surface area contributed by atoms with Crippen LogP contribution in [0.5, 0.6) is 5.75 Å². The Kier molecular flexibility index (Phi) is 5.95. The fourth-order valence-electron chi connectivity index (χ4n) is 3.80. The van der Waals surface area contributed by atoms with Gasteiger partial charge in [-0.05, 0) is 69.3 Å². The van der Waals surface area contributed by atoms with Crippen LogP contribution in [0.3, 0.4) is 0 Å². The molecule has 0 bridgehead atoms. The first-order valence-corrected chi connectivity index (χ1v) is 11.2. The standard InChI is InChI=1S/C19H29N3O4S/c1-15(2)26-17-5-3-16(4-6-17)21-27(24,25)13-18(23)22-11-8-19(9-12-22)7-10-20-14-19/h3-6,15,20-21H,7-14H2,1-2H3. The van der Waals surface area contributed by atoms with Crippen LogP contribution in [0, 0.1) is 5.41 Å². The van der Waals surface area contributed by atoms with E-state index >= 15 is 0 Å². The first-order chi connectivity index (χ1) is 12.8. The number of rotatable bonds is 6. The van der Waals surface area contributed by atoms with E-state index in [2.05, 4.69) is 10.0 Å². The fraction of sp³-hybridized carbons (Fsp3) is 0.632. The van der Waals surface area contributed by atoms with Crippen LogP contribution in [0.4, 0.5) is 5.69 Å². The maximum atomic E-state index is 12.5. The summed E-state index contributed by atoms with van der Waals surface area (Å²) >= 11 is 0. The number of amides is 1. The van der Waals surface area contributed by atoms with Gasteiger partial charge in [-0.2, -0.15) is 0 Å². The van der Waals surface area contributed by atoms with E-state index in [0.717, 1.165) is 32.4 Å². The van der Waals surface area contributed by atoms with Crippen molar-refractivity contribution in [3.05, 3.63) is 24.3 Å². The van der Waals surface area contributed by atoms with Gasteiger partial charge in [0.05, 0.1) is 6.10 Å². The van der Waals surface area contributed by atoms with E-state index in [1.807, 2.05) is 13.8 Å². The third-order valence-corrected chi connectivity index (χ3v) is 6.50. The Hall–Kier alpha value is -1.80. The zero-order chi connectivity index (χ0) is 19.5. The average molecular weight is 396 g/mol. The molecule has 0 atom stereocenters. The van der Waals surface area contributed by atoms with Crippen LogP contribution < -0.4 is 14.8 Å². The van der Waals surface area contributed by atoms with Gasteiger partial charge >= 0.3 is 0 Å². The van der Waals surface area contributed by atoms with Gasteiger partial charge in [0.1, 0.15) is 11.5 Å². The van der Waals surface area contributed by atoms with Gasteiger partial charge in [-0.25, -0.2) is 8.42 Å². The molecule has 7 nitrogen and oxygen atoms in total. The Morgan fingerprint density at radius 3 is 2.44 bits per heavy atom. The molecule has 27 heavy (non-hydrogen) atoms. The van der Waals surface area contributed by atoms with Crippen molar-refractivity contribution in [2.75, 3.05) is 36.7 Å². The van der Waals surface area contributed by atoms with Gasteiger partial charge in [-0.1, -0.05) is 0 Å². The van der Waals surface area contributed by atoms with Crippen molar-refractivity contribution in [3.63, 3.8) is 0 Å². The maximum absolute atomic E-state index is 12.5. The summed E-state index contributed by atoms with van der Waals surface area (Å²) in [7, 11) is -3.74. The predicted octanol–water partition coefficient (Wildman–Crippen LogP) is 1.82. The number of benzene rings is 1. The molecule has 0 aliphatic carbocycles. The Morgan fingerprint density at radius 2 is 1.89 bits per heavy atom. The highest BCUT2D eigenvalue weighted by Crippen LogP contribution is 2.36. The molecule has 2 aliphatic rings. The number of ether oxygens (including phenoxy) is 1. The third-order valence-electron chi connectivity index (χ3n) is 5.32. The number of likely N-dealkylation sites (tertiary alicyclic amines) is 1. The summed E-state index contributed by atoms with van der Waals surface area (Å²) < 4.78 is 32.7. The second-order valence-electron chi connectivity index (χ2n) is 7.86. The lowest BCUT2D eigenvalue weighted by Gasteiger charge is -2.38. The second kappa shape index (κ2) is 8.06. The van der Waals surface area contributed by atoms with Crippen molar-refractivity contribution in [1.29, 1.82) is 0 Å². The number of piperidine rings is 1. The summed E-state index contributed by atoms with van der Waals surface area (Å²) in [6, 6.07) is 6.69. The van der Waals surface area contributed by atoms with Gasteiger partial charge in [0, 0.05) is 25.3 Å². The smallest absolute Gasteiger partial charge is 0.241 e. The number of carbonyl (C=O) groups excluding carboxylic acids is 1. The van der Waals surface area contributed by atoms with Crippen molar-refractivity contribution in [2.24, 2.45) is 5.41 Å². The molecule has 1 aromatic rings. The van der Waals surface area contributed by atoms with Crippen molar-refractivity contribution in [3.8, 4) is 5.75 Å². The molecule has 0 saturated carbocycles. The SMILES string of the molecule is CC(C)Oc1ccc(NS(=O)(=O)CC(=O)N2CCC3(CCNC3)CC2)cc1. The van der Waals surface area contributed by atoms with Crippen molar-refractivity contribution >= 4 is 21.6 Å². The minimum atomic E-state index is -3.74. The first kappa shape index (κ1) is 19.9. The fourth-order valence-corrected chi connectivity index (χ4v) is 4.87. The number of carbonyl (C=O) groups is 1. The molecule has 0 unspecified atom stereocenters. The van der Waals surface area contributed by atoms with Gasteiger partial charge in [-0.15, -0.1) is 0 Å². The van der Waals surface area contributed by atoms with Crippen LogP contribution in [0.25, 0.3) is 0 Å². The third kappa shape index (κ3) is 5.35. The zero-order valence-corrected chi connectivity index (χ0v) is 16.8. The van der Waals surface area contributed by atoms with Gasteiger partial charge < -0.3 is 15.0 Å². The number of hydrogen-bond acceptors (Lipinski definition) is 5. The molecule has 0 aromatic heterocycles. The molecule has 2 fully saturated rings. The number of sulfonamides is 1. The van der Waals surface area contributed by atoms with E-state index in [-0.39, 0.29) is 12.0 Å². The maximum Gasteiger partial charge on any atom is 0.241 e. The normalized spacial score (nSPS) is 19.4. The van der Waals surface area contributed by atoms with Crippen LogP contribution in [-0.4, -0.2) is 57.3 Å². The highest BCUT2D eigenvalue weighted by atomic mass is 32.2.